The van der Waals surface area contributed by atoms with Gasteiger partial charge in [0.1, 0.15) is 17.3 Å². The van der Waals surface area contributed by atoms with Gasteiger partial charge in [0.25, 0.3) is 0 Å². The highest BCUT2D eigenvalue weighted by Crippen LogP contribution is 2.28. The predicted molar refractivity (Wildman–Crippen MR) is 64.2 cm³/mol. The summed E-state index contributed by atoms with van der Waals surface area (Å²) < 4.78 is 38.9. The molecule has 0 spiro atoms. The molecule has 0 bridgehead atoms. The van der Waals surface area contributed by atoms with Gasteiger partial charge in [0.15, 0.2) is 0 Å². The number of halogens is 3. The van der Waals surface area contributed by atoms with Crippen LogP contribution in [-0.4, -0.2) is 14.8 Å². The lowest BCUT2D eigenvalue weighted by molar-refractivity contribution is -0.141. The van der Waals surface area contributed by atoms with Crippen LogP contribution in [0, 0.1) is 0 Å². The quantitative estimate of drug-likeness (QED) is 0.896. The molecule has 102 valence electrons. The maximum atomic E-state index is 12.5. The molecule has 0 aliphatic carbocycles. The molecule has 2 rings (SSSR count). The summed E-state index contributed by atoms with van der Waals surface area (Å²) in [5.74, 6) is 0.595. The summed E-state index contributed by atoms with van der Waals surface area (Å²) in [6.45, 7) is 0.258. The minimum absolute atomic E-state index is 0.137. The van der Waals surface area contributed by atoms with Crippen LogP contribution in [0.5, 0.6) is 0 Å². The second-order valence-electron chi connectivity index (χ2n) is 3.94. The van der Waals surface area contributed by atoms with Gasteiger partial charge in [0.2, 0.25) is 0 Å². The number of nitrogen functional groups attached to an aromatic ring is 1. The first kappa shape index (κ1) is 13.2. The van der Waals surface area contributed by atoms with E-state index in [9.17, 15) is 13.2 Å². The molecule has 8 heteroatoms. The van der Waals surface area contributed by atoms with Crippen LogP contribution in [0.1, 0.15) is 11.3 Å². The number of aromatic nitrogens is 3. The fraction of sp³-hybridized carbons (Fsp3) is 0.273. The Kier molecular flexibility index (Phi) is 3.32. The van der Waals surface area contributed by atoms with Gasteiger partial charge < -0.3 is 11.1 Å². The van der Waals surface area contributed by atoms with Crippen molar-refractivity contribution in [3.63, 3.8) is 0 Å². The maximum absolute atomic E-state index is 12.5. The highest BCUT2D eigenvalue weighted by atomic mass is 19.4. The summed E-state index contributed by atoms with van der Waals surface area (Å²) in [6.07, 6.45) is -2.90. The molecule has 3 N–H and O–H groups in total. The fourth-order valence-corrected chi connectivity index (χ4v) is 1.51. The van der Waals surface area contributed by atoms with Crippen LogP contribution in [0.15, 0.2) is 24.4 Å². The molecule has 2 aromatic heterocycles. The van der Waals surface area contributed by atoms with Crippen molar-refractivity contribution in [1.82, 2.24) is 14.8 Å². The molecule has 0 aromatic carbocycles. The molecule has 0 atom stereocenters. The van der Waals surface area contributed by atoms with E-state index in [1.54, 1.807) is 13.2 Å². The van der Waals surface area contributed by atoms with Crippen molar-refractivity contribution in [2.45, 2.75) is 12.7 Å². The van der Waals surface area contributed by atoms with Crippen molar-refractivity contribution in [3.8, 4) is 0 Å². The van der Waals surface area contributed by atoms with Crippen molar-refractivity contribution < 1.29 is 13.2 Å². The van der Waals surface area contributed by atoms with Crippen molar-refractivity contribution in [3.05, 3.63) is 35.7 Å². The molecule has 0 fully saturated rings. The van der Waals surface area contributed by atoms with Gasteiger partial charge in [-0.1, -0.05) is 6.07 Å². The van der Waals surface area contributed by atoms with Crippen molar-refractivity contribution in [1.29, 1.82) is 0 Å². The molecule has 0 aliphatic heterocycles. The zero-order valence-electron chi connectivity index (χ0n) is 10.1. The number of nitrogens with one attached hydrogen (secondary N) is 1. The molecule has 0 saturated carbocycles. The van der Waals surface area contributed by atoms with E-state index >= 15 is 0 Å². The molecule has 2 aromatic rings. The number of nitrogens with zero attached hydrogens (tertiary/aromatic N) is 3. The van der Waals surface area contributed by atoms with Gasteiger partial charge >= 0.3 is 6.18 Å². The van der Waals surface area contributed by atoms with Crippen LogP contribution < -0.4 is 11.1 Å². The molecule has 2 heterocycles. The van der Waals surface area contributed by atoms with Crippen LogP contribution >= 0.6 is 0 Å². The first-order valence-corrected chi connectivity index (χ1v) is 5.42. The summed E-state index contributed by atoms with van der Waals surface area (Å²) in [7, 11) is 1.68. The smallest absolute Gasteiger partial charge is 0.384 e. The number of rotatable bonds is 3. The third kappa shape index (κ3) is 2.95. The van der Waals surface area contributed by atoms with Crippen LogP contribution in [-0.2, 0) is 19.8 Å². The Hall–Kier alpha value is -2.25. The minimum Gasteiger partial charge on any atom is -0.384 e. The van der Waals surface area contributed by atoms with E-state index in [2.05, 4.69) is 15.4 Å². The Morgan fingerprint density at radius 2 is 2.11 bits per heavy atom. The number of hydrogen-bond acceptors (Lipinski definition) is 4. The van der Waals surface area contributed by atoms with Gasteiger partial charge in [-0.15, -0.1) is 0 Å². The average Bonchev–Trinajstić information content (AvgIpc) is 2.67. The van der Waals surface area contributed by atoms with Crippen molar-refractivity contribution in [2.75, 3.05) is 11.1 Å². The average molecular weight is 271 g/mol. The monoisotopic (exact) mass is 271 g/mol. The first-order valence-electron chi connectivity index (χ1n) is 5.42. The van der Waals surface area contributed by atoms with E-state index in [1.807, 2.05) is 0 Å². The van der Waals surface area contributed by atoms with E-state index < -0.39 is 11.9 Å². The summed E-state index contributed by atoms with van der Waals surface area (Å²) in [4.78, 5) is 3.49. The zero-order valence-corrected chi connectivity index (χ0v) is 10.1. The van der Waals surface area contributed by atoms with Gasteiger partial charge in [0, 0.05) is 19.2 Å². The highest BCUT2D eigenvalue weighted by Gasteiger charge is 2.32. The zero-order chi connectivity index (χ0) is 14.0. The Labute approximate surface area is 107 Å². The molecule has 19 heavy (non-hydrogen) atoms. The second-order valence-corrected chi connectivity index (χ2v) is 3.94. The number of aryl methyl sites for hydroxylation is 1. The summed E-state index contributed by atoms with van der Waals surface area (Å²) in [5, 5.41) is 6.72. The SMILES string of the molecule is Cn1ncc(CNc2cccc(C(F)(F)F)n2)c1N. The largest absolute Gasteiger partial charge is 0.433 e. The van der Waals surface area contributed by atoms with E-state index in [1.165, 1.54) is 16.8 Å². The van der Waals surface area contributed by atoms with Crippen molar-refractivity contribution in [2.24, 2.45) is 7.05 Å². The molecular formula is C11H12F3N5. The highest BCUT2D eigenvalue weighted by molar-refractivity contribution is 5.43. The van der Waals surface area contributed by atoms with Crippen LogP contribution in [0.4, 0.5) is 24.8 Å². The molecule has 0 saturated heterocycles. The molecule has 0 aliphatic rings. The van der Waals surface area contributed by atoms with E-state index in [0.29, 0.717) is 11.4 Å². The summed E-state index contributed by atoms with van der Waals surface area (Å²) >= 11 is 0. The number of nitrogens with two attached hydrogens (primary N) is 1. The van der Waals surface area contributed by atoms with Crippen LogP contribution in [0.25, 0.3) is 0 Å². The van der Waals surface area contributed by atoms with Gasteiger partial charge in [-0.25, -0.2) is 4.98 Å². The topological polar surface area (TPSA) is 68.8 Å². The number of pyridine rings is 1. The Morgan fingerprint density at radius 3 is 2.68 bits per heavy atom. The fourth-order valence-electron chi connectivity index (χ4n) is 1.51. The molecular weight excluding hydrogens is 259 g/mol. The van der Waals surface area contributed by atoms with Gasteiger partial charge in [-0.2, -0.15) is 18.3 Å². The number of hydrogen-bond donors (Lipinski definition) is 2. The Morgan fingerprint density at radius 1 is 1.37 bits per heavy atom. The first-order chi connectivity index (χ1) is 8.88. The second kappa shape index (κ2) is 4.79. The molecule has 0 radical (unpaired) electrons. The van der Waals surface area contributed by atoms with Crippen LogP contribution in [0.2, 0.25) is 0 Å². The van der Waals surface area contributed by atoms with Crippen molar-refractivity contribution >= 4 is 11.6 Å². The number of alkyl halides is 3. The Bertz CT molecular complexity index is 576. The number of anilines is 2. The molecule has 0 unspecified atom stereocenters. The Balaban J connectivity index is 2.10. The normalized spacial score (nSPS) is 11.6. The lowest BCUT2D eigenvalue weighted by Gasteiger charge is -2.09. The van der Waals surface area contributed by atoms with Gasteiger partial charge in [-0.3, -0.25) is 4.68 Å². The molecule has 0 amide bonds. The van der Waals surface area contributed by atoms with E-state index in [-0.39, 0.29) is 12.4 Å². The predicted octanol–water partition coefficient (Wildman–Crippen LogP) is 2.03. The standard InChI is InChI=1S/C11H12F3N5/c1-19-10(15)7(6-17-19)5-16-9-4-2-3-8(18-9)11(12,13)14/h2-4,6H,5,15H2,1H3,(H,16,18). The summed E-state index contributed by atoms with van der Waals surface area (Å²) in [6, 6.07) is 3.68. The third-order valence-corrected chi connectivity index (χ3v) is 2.56. The van der Waals surface area contributed by atoms with Crippen LogP contribution in [0.3, 0.4) is 0 Å². The lowest BCUT2D eigenvalue weighted by atomic mass is 10.3. The summed E-state index contributed by atoms with van der Waals surface area (Å²) in [5.41, 5.74) is 5.49. The van der Waals surface area contributed by atoms with Gasteiger partial charge in [-0.05, 0) is 12.1 Å². The lowest BCUT2D eigenvalue weighted by Crippen LogP contribution is -2.10. The van der Waals surface area contributed by atoms with E-state index in [4.69, 9.17) is 5.73 Å². The molecule has 5 nitrogen and oxygen atoms in total. The third-order valence-electron chi connectivity index (χ3n) is 2.56. The van der Waals surface area contributed by atoms with Gasteiger partial charge in [0.05, 0.1) is 6.20 Å². The maximum Gasteiger partial charge on any atom is 0.433 e. The minimum atomic E-state index is -4.45. The van der Waals surface area contributed by atoms with E-state index in [0.717, 1.165) is 6.07 Å².